The van der Waals surface area contributed by atoms with Gasteiger partial charge >= 0.3 is 12.1 Å². The monoisotopic (exact) mass is 496 g/mol. The zero-order valence-electron chi connectivity index (χ0n) is 21.3. The molecule has 2 atom stereocenters. The van der Waals surface area contributed by atoms with E-state index in [1.165, 1.54) is 6.92 Å². The van der Waals surface area contributed by atoms with Gasteiger partial charge in [0.2, 0.25) is 17.7 Å². The molecule has 11 heteroatoms. The Bertz CT molecular complexity index is 787. The fourth-order valence-corrected chi connectivity index (χ4v) is 4.43. The van der Waals surface area contributed by atoms with Crippen molar-refractivity contribution in [2.75, 3.05) is 32.7 Å². The summed E-state index contributed by atoms with van der Waals surface area (Å²) in [5.74, 6) is -2.05. The van der Waals surface area contributed by atoms with Crippen molar-refractivity contribution in [1.82, 2.24) is 20.4 Å². The molecule has 2 saturated heterocycles. The summed E-state index contributed by atoms with van der Waals surface area (Å²) < 4.78 is 5.42. The first-order valence-electron chi connectivity index (χ1n) is 12.4. The van der Waals surface area contributed by atoms with E-state index in [0.29, 0.717) is 51.4 Å². The van der Waals surface area contributed by atoms with E-state index >= 15 is 0 Å². The third kappa shape index (κ3) is 9.73. The second-order valence-corrected chi connectivity index (χ2v) is 10.5. The summed E-state index contributed by atoms with van der Waals surface area (Å²) in [4.78, 5) is 63.4. The minimum absolute atomic E-state index is 0.0127. The number of hydrogen-bond donors (Lipinski definition) is 3. The molecule has 0 aromatic heterocycles. The van der Waals surface area contributed by atoms with E-state index in [0.717, 1.165) is 19.3 Å². The molecule has 2 aliphatic rings. The molecule has 0 aromatic rings. The van der Waals surface area contributed by atoms with Crippen molar-refractivity contribution in [2.24, 2.45) is 11.8 Å². The Morgan fingerprint density at radius 3 is 2.26 bits per heavy atom. The van der Waals surface area contributed by atoms with E-state index < -0.39 is 29.4 Å². The number of hydrogen-bond acceptors (Lipinski definition) is 6. The number of carbonyl (C=O) groups is 5. The molecule has 2 aliphatic heterocycles. The lowest BCUT2D eigenvalue weighted by atomic mass is 9.91. The average molecular weight is 497 g/mol. The summed E-state index contributed by atoms with van der Waals surface area (Å²) in [6.07, 6.45) is 3.83. The SMILES string of the molecule is CC(=O)N[C@H](CNC(=O)[C@H]1CCCN(C(=O)CCC2CCN(C(=O)OC(C)(C)C)CC2)C1)C(=O)O. The number of nitrogens with one attached hydrogen (secondary N) is 2. The van der Waals surface area contributed by atoms with Gasteiger partial charge in [-0.05, 0) is 58.8 Å². The summed E-state index contributed by atoms with van der Waals surface area (Å²) in [6.45, 7) is 8.69. The second kappa shape index (κ2) is 12.7. The number of carbonyl (C=O) groups excluding carboxylic acids is 4. The highest BCUT2D eigenvalue weighted by Crippen LogP contribution is 2.25. The first-order valence-corrected chi connectivity index (χ1v) is 12.4. The maximum Gasteiger partial charge on any atom is 0.410 e. The van der Waals surface area contributed by atoms with Gasteiger partial charge in [0.25, 0.3) is 0 Å². The Hall–Kier alpha value is -2.85. The van der Waals surface area contributed by atoms with Crippen molar-refractivity contribution in [3.8, 4) is 0 Å². The number of rotatable bonds is 8. The first-order chi connectivity index (χ1) is 16.4. The number of carboxylic acid groups (broad SMARTS) is 1. The molecule has 4 amide bonds. The molecule has 0 bridgehead atoms. The summed E-state index contributed by atoms with van der Waals surface area (Å²) >= 11 is 0. The van der Waals surface area contributed by atoms with Crippen molar-refractivity contribution < 1.29 is 33.8 Å². The van der Waals surface area contributed by atoms with Crippen LogP contribution in [0.4, 0.5) is 4.79 Å². The van der Waals surface area contributed by atoms with Crippen LogP contribution in [0.3, 0.4) is 0 Å². The molecule has 198 valence electrons. The molecule has 2 fully saturated rings. The average Bonchev–Trinajstić information content (AvgIpc) is 2.78. The lowest BCUT2D eigenvalue weighted by Gasteiger charge is -2.34. The molecular formula is C24H40N4O7. The predicted octanol–water partition coefficient (Wildman–Crippen LogP) is 1.36. The normalized spacial score (nSPS) is 20.1. The summed E-state index contributed by atoms with van der Waals surface area (Å²) in [6, 6.07) is -1.19. The maximum atomic E-state index is 12.8. The molecule has 2 heterocycles. The van der Waals surface area contributed by atoms with Crippen LogP contribution in [0.2, 0.25) is 0 Å². The third-order valence-electron chi connectivity index (χ3n) is 6.33. The van der Waals surface area contributed by atoms with Crippen LogP contribution in [-0.4, -0.2) is 89.1 Å². The second-order valence-electron chi connectivity index (χ2n) is 10.5. The van der Waals surface area contributed by atoms with E-state index in [2.05, 4.69) is 10.6 Å². The van der Waals surface area contributed by atoms with Crippen molar-refractivity contribution in [3.63, 3.8) is 0 Å². The summed E-state index contributed by atoms with van der Waals surface area (Å²) in [7, 11) is 0. The topological polar surface area (TPSA) is 145 Å². The Labute approximate surface area is 206 Å². The van der Waals surface area contributed by atoms with Crippen LogP contribution in [0.15, 0.2) is 0 Å². The van der Waals surface area contributed by atoms with Gasteiger partial charge in [-0.15, -0.1) is 0 Å². The third-order valence-corrected chi connectivity index (χ3v) is 6.33. The maximum absolute atomic E-state index is 12.8. The Morgan fingerprint density at radius 1 is 1.03 bits per heavy atom. The molecule has 35 heavy (non-hydrogen) atoms. The van der Waals surface area contributed by atoms with Crippen LogP contribution in [-0.2, 0) is 23.9 Å². The van der Waals surface area contributed by atoms with Gasteiger partial charge in [-0.3, -0.25) is 14.4 Å². The van der Waals surface area contributed by atoms with Gasteiger partial charge in [0.1, 0.15) is 11.6 Å². The van der Waals surface area contributed by atoms with Gasteiger partial charge in [0.15, 0.2) is 0 Å². The zero-order valence-corrected chi connectivity index (χ0v) is 21.3. The fourth-order valence-electron chi connectivity index (χ4n) is 4.43. The van der Waals surface area contributed by atoms with E-state index in [1.54, 1.807) is 9.80 Å². The molecule has 11 nitrogen and oxygen atoms in total. The van der Waals surface area contributed by atoms with Crippen LogP contribution in [0.25, 0.3) is 0 Å². The molecule has 0 spiro atoms. The molecule has 0 saturated carbocycles. The van der Waals surface area contributed by atoms with Crippen molar-refractivity contribution in [1.29, 1.82) is 0 Å². The summed E-state index contributed by atoms with van der Waals surface area (Å²) in [5.41, 5.74) is -0.521. The smallest absolute Gasteiger partial charge is 0.410 e. The highest BCUT2D eigenvalue weighted by molar-refractivity contribution is 5.84. The molecule has 3 N–H and O–H groups in total. The highest BCUT2D eigenvalue weighted by Gasteiger charge is 2.31. The number of carboxylic acids is 1. The van der Waals surface area contributed by atoms with Crippen molar-refractivity contribution in [3.05, 3.63) is 0 Å². The Balaban J connectivity index is 1.74. The van der Waals surface area contributed by atoms with E-state index in [-0.39, 0.29) is 24.5 Å². The van der Waals surface area contributed by atoms with E-state index in [9.17, 15) is 24.0 Å². The lowest BCUT2D eigenvalue weighted by molar-refractivity contribution is -0.141. The van der Waals surface area contributed by atoms with Crippen LogP contribution >= 0.6 is 0 Å². The van der Waals surface area contributed by atoms with E-state index in [1.807, 2.05) is 20.8 Å². The number of amides is 4. The number of piperidine rings is 2. The van der Waals surface area contributed by atoms with Gasteiger partial charge in [0.05, 0.1) is 5.92 Å². The fraction of sp³-hybridized carbons (Fsp3) is 0.792. The number of aliphatic carboxylic acids is 1. The van der Waals surface area contributed by atoms with Gasteiger partial charge in [-0.1, -0.05) is 0 Å². The highest BCUT2D eigenvalue weighted by atomic mass is 16.6. The number of ether oxygens (including phenoxy) is 1. The molecule has 0 aliphatic carbocycles. The van der Waals surface area contributed by atoms with Gasteiger partial charge in [-0.2, -0.15) is 0 Å². The lowest BCUT2D eigenvalue weighted by Crippen LogP contribution is -2.51. The standard InChI is InChI=1S/C24H40N4O7/c1-16(29)26-19(22(32)33)14-25-21(31)18-6-5-11-28(15-18)20(30)8-7-17-9-12-27(13-10-17)23(34)35-24(2,3)4/h17-19H,5-15H2,1-4H3,(H,25,31)(H,26,29)(H,32,33)/t18-,19+/m0/s1. The minimum atomic E-state index is -1.22. The Kier molecular flexibility index (Phi) is 10.3. The van der Waals surface area contributed by atoms with Crippen molar-refractivity contribution >= 4 is 29.8 Å². The Morgan fingerprint density at radius 2 is 1.69 bits per heavy atom. The van der Waals surface area contributed by atoms with Crippen molar-refractivity contribution in [2.45, 2.75) is 77.9 Å². The van der Waals surface area contributed by atoms with Gasteiger partial charge in [0, 0.05) is 46.1 Å². The summed E-state index contributed by atoms with van der Waals surface area (Å²) in [5, 5.41) is 14.0. The molecular weight excluding hydrogens is 456 g/mol. The molecule has 0 unspecified atom stereocenters. The molecule has 0 radical (unpaired) electrons. The number of likely N-dealkylation sites (tertiary alicyclic amines) is 2. The van der Waals surface area contributed by atoms with Crippen LogP contribution < -0.4 is 10.6 Å². The molecule has 2 rings (SSSR count). The van der Waals surface area contributed by atoms with Gasteiger partial charge in [-0.25, -0.2) is 9.59 Å². The zero-order chi connectivity index (χ0) is 26.2. The largest absolute Gasteiger partial charge is 0.480 e. The van der Waals surface area contributed by atoms with Gasteiger partial charge < -0.3 is 30.3 Å². The quantitative estimate of drug-likeness (QED) is 0.460. The number of nitrogens with zero attached hydrogens (tertiary/aromatic N) is 2. The van der Waals surface area contributed by atoms with Crippen LogP contribution in [0, 0.1) is 11.8 Å². The van der Waals surface area contributed by atoms with Crippen LogP contribution in [0.1, 0.15) is 66.2 Å². The molecule has 0 aromatic carbocycles. The predicted molar refractivity (Wildman–Crippen MR) is 127 cm³/mol. The van der Waals surface area contributed by atoms with Crippen LogP contribution in [0.5, 0.6) is 0 Å². The minimum Gasteiger partial charge on any atom is -0.480 e. The van der Waals surface area contributed by atoms with E-state index in [4.69, 9.17) is 9.84 Å². The first kappa shape index (κ1) is 28.4.